The van der Waals surface area contributed by atoms with Crippen LogP contribution in [0, 0.1) is 13.8 Å². The van der Waals surface area contributed by atoms with Gasteiger partial charge in [-0.15, -0.1) is 0 Å². The van der Waals surface area contributed by atoms with Gasteiger partial charge < -0.3 is 5.32 Å². The fourth-order valence-electron chi connectivity index (χ4n) is 2.62. The predicted molar refractivity (Wildman–Crippen MR) is 101 cm³/mol. The molecule has 0 radical (unpaired) electrons. The van der Waals surface area contributed by atoms with Crippen LogP contribution in [0.4, 0.5) is 5.69 Å². The standard InChI is InChI=1S/C19H24N2O3S/c1-13-9-10-14(2)18(11-13)15(3)20-19(22)16-7-6-8-17(12-16)21(4)25(5,23)24/h6-12,15H,1-5H3,(H,20,22). The van der Waals surface area contributed by atoms with Crippen LogP contribution < -0.4 is 9.62 Å². The number of nitrogens with one attached hydrogen (secondary N) is 1. The van der Waals surface area contributed by atoms with Crippen LogP contribution in [-0.4, -0.2) is 27.6 Å². The van der Waals surface area contributed by atoms with Gasteiger partial charge >= 0.3 is 0 Å². The number of benzene rings is 2. The number of anilines is 1. The average molecular weight is 360 g/mol. The first-order chi connectivity index (χ1) is 11.6. The molecule has 1 atom stereocenters. The van der Waals surface area contributed by atoms with E-state index in [2.05, 4.69) is 11.4 Å². The quantitative estimate of drug-likeness (QED) is 0.890. The number of carbonyl (C=O) groups is 1. The third kappa shape index (κ3) is 4.60. The summed E-state index contributed by atoms with van der Waals surface area (Å²) in [5, 5.41) is 2.98. The first-order valence-electron chi connectivity index (χ1n) is 8.01. The highest BCUT2D eigenvalue weighted by Gasteiger charge is 2.16. The van der Waals surface area contributed by atoms with Gasteiger partial charge in [0.05, 0.1) is 18.0 Å². The molecular weight excluding hydrogens is 336 g/mol. The van der Waals surface area contributed by atoms with E-state index in [4.69, 9.17) is 0 Å². The fourth-order valence-corrected chi connectivity index (χ4v) is 3.12. The molecule has 6 heteroatoms. The highest BCUT2D eigenvalue weighted by molar-refractivity contribution is 7.92. The Morgan fingerprint density at radius 3 is 2.44 bits per heavy atom. The molecular formula is C19H24N2O3S. The van der Waals surface area contributed by atoms with Crippen molar-refractivity contribution in [3.05, 3.63) is 64.7 Å². The maximum Gasteiger partial charge on any atom is 0.251 e. The molecule has 0 heterocycles. The molecule has 0 spiro atoms. The van der Waals surface area contributed by atoms with Gasteiger partial charge in [0.15, 0.2) is 0 Å². The van der Waals surface area contributed by atoms with E-state index in [1.165, 1.54) is 7.05 Å². The Morgan fingerprint density at radius 1 is 1.12 bits per heavy atom. The summed E-state index contributed by atoms with van der Waals surface area (Å²) >= 11 is 0. The number of nitrogens with zero attached hydrogens (tertiary/aromatic N) is 1. The van der Waals surface area contributed by atoms with Crippen molar-refractivity contribution in [1.82, 2.24) is 5.32 Å². The monoisotopic (exact) mass is 360 g/mol. The van der Waals surface area contributed by atoms with E-state index < -0.39 is 10.0 Å². The van der Waals surface area contributed by atoms with E-state index in [-0.39, 0.29) is 11.9 Å². The summed E-state index contributed by atoms with van der Waals surface area (Å²) in [5.74, 6) is -0.239. The van der Waals surface area contributed by atoms with E-state index in [1.807, 2.05) is 32.9 Å². The Labute approximate surface area is 149 Å². The van der Waals surface area contributed by atoms with Crippen LogP contribution in [0.1, 0.15) is 40.0 Å². The number of hydrogen-bond acceptors (Lipinski definition) is 3. The van der Waals surface area contributed by atoms with Gasteiger partial charge in [-0.2, -0.15) is 0 Å². The number of aryl methyl sites for hydroxylation is 2. The first-order valence-corrected chi connectivity index (χ1v) is 9.86. The van der Waals surface area contributed by atoms with Crippen molar-refractivity contribution >= 4 is 21.6 Å². The maximum absolute atomic E-state index is 12.6. The molecule has 5 nitrogen and oxygen atoms in total. The minimum Gasteiger partial charge on any atom is -0.346 e. The van der Waals surface area contributed by atoms with Crippen LogP contribution in [-0.2, 0) is 10.0 Å². The molecule has 0 saturated heterocycles. The first kappa shape index (κ1) is 19.0. The third-order valence-electron chi connectivity index (χ3n) is 4.22. The average Bonchev–Trinajstić information content (AvgIpc) is 2.55. The van der Waals surface area contributed by atoms with Gasteiger partial charge in [-0.05, 0) is 50.1 Å². The second-order valence-corrected chi connectivity index (χ2v) is 8.35. The number of carbonyl (C=O) groups excluding carboxylic acids is 1. The van der Waals surface area contributed by atoms with Crippen molar-refractivity contribution < 1.29 is 13.2 Å². The molecule has 0 fully saturated rings. The van der Waals surface area contributed by atoms with E-state index in [1.54, 1.807) is 24.3 Å². The van der Waals surface area contributed by atoms with Gasteiger partial charge in [-0.3, -0.25) is 9.10 Å². The maximum atomic E-state index is 12.6. The lowest BCUT2D eigenvalue weighted by molar-refractivity contribution is 0.0940. The third-order valence-corrected chi connectivity index (χ3v) is 5.42. The molecule has 2 rings (SSSR count). The zero-order valence-corrected chi connectivity index (χ0v) is 16.0. The van der Waals surface area contributed by atoms with Crippen LogP contribution in [0.25, 0.3) is 0 Å². The zero-order chi connectivity index (χ0) is 18.8. The summed E-state index contributed by atoms with van der Waals surface area (Å²) in [6, 6.07) is 12.6. The van der Waals surface area contributed by atoms with Crippen molar-refractivity contribution in [2.24, 2.45) is 0 Å². The molecule has 134 valence electrons. The van der Waals surface area contributed by atoms with Crippen LogP contribution in [0.15, 0.2) is 42.5 Å². The summed E-state index contributed by atoms with van der Waals surface area (Å²) in [5.41, 5.74) is 4.19. The highest BCUT2D eigenvalue weighted by atomic mass is 32.2. The Kier molecular flexibility index (Phi) is 5.52. The largest absolute Gasteiger partial charge is 0.346 e. The van der Waals surface area contributed by atoms with Crippen LogP contribution in [0.3, 0.4) is 0 Å². The molecule has 2 aromatic rings. The minimum absolute atomic E-state index is 0.149. The normalized spacial score (nSPS) is 12.5. The zero-order valence-electron chi connectivity index (χ0n) is 15.2. The van der Waals surface area contributed by atoms with Gasteiger partial charge in [0.25, 0.3) is 5.91 Å². The lowest BCUT2D eigenvalue weighted by Crippen LogP contribution is -2.28. The molecule has 0 aromatic heterocycles. The van der Waals surface area contributed by atoms with Gasteiger partial charge in [0.2, 0.25) is 10.0 Å². The Balaban J connectivity index is 2.22. The molecule has 1 unspecified atom stereocenters. The lowest BCUT2D eigenvalue weighted by atomic mass is 9.99. The Morgan fingerprint density at radius 2 is 1.80 bits per heavy atom. The Bertz CT molecular complexity index is 891. The molecule has 0 bridgehead atoms. The topological polar surface area (TPSA) is 66.5 Å². The second kappa shape index (κ2) is 7.27. The lowest BCUT2D eigenvalue weighted by Gasteiger charge is -2.19. The van der Waals surface area contributed by atoms with E-state index >= 15 is 0 Å². The number of sulfonamides is 1. The van der Waals surface area contributed by atoms with Crippen LogP contribution >= 0.6 is 0 Å². The van der Waals surface area contributed by atoms with Gasteiger partial charge in [0, 0.05) is 12.6 Å². The van der Waals surface area contributed by atoms with Crippen molar-refractivity contribution in [2.45, 2.75) is 26.8 Å². The van der Waals surface area contributed by atoms with Crippen LogP contribution in [0.2, 0.25) is 0 Å². The molecule has 25 heavy (non-hydrogen) atoms. The van der Waals surface area contributed by atoms with E-state index in [9.17, 15) is 13.2 Å². The molecule has 1 N–H and O–H groups in total. The summed E-state index contributed by atoms with van der Waals surface area (Å²) in [6.07, 6.45) is 1.13. The molecule has 0 saturated carbocycles. The summed E-state index contributed by atoms with van der Waals surface area (Å²) in [4.78, 5) is 12.6. The number of amides is 1. The van der Waals surface area contributed by atoms with E-state index in [0.29, 0.717) is 11.3 Å². The molecule has 0 aliphatic rings. The fraction of sp³-hybridized carbons (Fsp3) is 0.316. The van der Waals surface area contributed by atoms with E-state index in [0.717, 1.165) is 27.3 Å². The van der Waals surface area contributed by atoms with Crippen molar-refractivity contribution in [3.8, 4) is 0 Å². The van der Waals surface area contributed by atoms with Gasteiger partial charge in [0.1, 0.15) is 0 Å². The number of hydrogen-bond donors (Lipinski definition) is 1. The molecule has 1 amide bonds. The minimum atomic E-state index is -3.37. The molecule has 0 aliphatic heterocycles. The Hall–Kier alpha value is -2.34. The van der Waals surface area contributed by atoms with Gasteiger partial charge in [-0.1, -0.05) is 29.8 Å². The summed E-state index contributed by atoms with van der Waals surface area (Å²) < 4.78 is 24.5. The molecule has 2 aromatic carbocycles. The number of rotatable bonds is 5. The molecule has 0 aliphatic carbocycles. The SMILES string of the molecule is Cc1ccc(C)c(C(C)NC(=O)c2cccc(N(C)S(C)(=O)=O)c2)c1. The highest BCUT2D eigenvalue weighted by Crippen LogP contribution is 2.21. The second-order valence-electron chi connectivity index (χ2n) is 6.34. The summed E-state index contributed by atoms with van der Waals surface area (Å²) in [7, 11) is -1.91. The van der Waals surface area contributed by atoms with Crippen molar-refractivity contribution in [1.29, 1.82) is 0 Å². The smallest absolute Gasteiger partial charge is 0.251 e. The van der Waals surface area contributed by atoms with Gasteiger partial charge in [-0.25, -0.2) is 8.42 Å². The van der Waals surface area contributed by atoms with Crippen LogP contribution in [0.5, 0.6) is 0 Å². The predicted octanol–water partition coefficient (Wildman–Crippen LogP) is 3.19. The van der Waals surface area contributed by atoms with Crippen molar-refractivity contribution in [2.75, 3.05) is 17.6 Å². The summed E-state index contributed by atoms with van der Waals surface area (Å²) in [6.45, 7) is 5.97. The van der Waals surface area contributed by atoms with Crippen molar-refractivity contribution in [3.63, 3.8) is 0 Å².